The summed E-state index contributed by atoms with van der Waals surface area (Å²) in [4.78, 5) is 29.3. The van der Waals surface area contributed by atoms with Crippen molar-refractivity contribution in [2.45, 2.75) is 63.6 Å². The average molecular weight is 524 g/mol. The van der Waals surface area contributed by atoms with Crippen LogP contribution in [0.15, 0.2) is 78.9 Å². The Morgan fingerprint density at radius 1 is 0.833 bits per heavy atom. The second kappa shape index (κ2) is 12.9. The van der Waals surface area contributed by atoms with Crippen LogP contribution in [0.3, 0.4) is 0 Å². The van der Waals surface area contributed by atoms with Gasteiger partial charge in [0, 0.05) is 29.1 Å². The van der Waals surface area contributed by atoms with Crippen LogP contribution in [0.5, 0.6) is 0 Å². The van der Waals surface area contributed by atoms with Crippen molar-refractivity contribution in [3.63, 3.8) is 0 Å². The first-order valence-electron chi connectivity index (χ1n) is 12.6. The maximum absolute atomic E-state index is 13.8. The first kappa shape index (κ1) is 26.2. The van der Waals surface area contributed by atoms with E-state index in [1.54, 1.807) is 11.0 Å². The number of nitrogens with zero attached hydrogens (tertiary/aromatic N) is 1. The minimum Gasteiger partial charge on any atom is -0.352 e. The molecule has 1 N–H and O–H groups in total. The van der Waals surface area contributed by atoms with Crippen LogP contribution in [0, 0.1) is 0 Å². The van der Waals surface area contributed by atoms with E-state index in [9.17, 15) is 9.59 Å². The standard InChI is InChI=1S/C30H32Cl2N2O2/c31-25-17-15-23(16-18-25)21-34(29(35)20-24-11-7-8-14-27(24)32)28(19-22-9-3-1-4-10-22)30(36)33-26-12-5-2-6-13-26/h1,3-4,7-11,14-18,26,28H,2,5-6,12-13,19-21H2,(H,33,36)/t28-/m1/s1. The molecular formula is C30H32Cl2N2O2. The highest BCUT2D eigenvalue weighted by atomic mass is 35.5. The van der Waals surface area contributed by atoms with E-state index in [1.807, 2.05) is 72.8 Å². The Hall–Kier alpha value is -2.82. The van der Waals surface area contributed by atoms with Gasteiger partial charge in [-0.25, -0.2) is 0 Å². The molecular weight excluding hydrogens is 491 g/mol. The molecule has 3 aromatic rings. The highest BCUT2D eigenvalue weighted by Gasteiger charge is 2.32. The molecule has 1 saturated carbocycles. The molecule has 36 heavy (non-hydrogen) atoms. The fraction of sp³-hybridized carbons (Fsp3) is 0.333. The minimum absolute atomic E-state index is 0.104. The average Bonchev–Trinajstić information content (AvgIpc) is 2.89. The van der Waals surface area contributed by atoms with E-state index in [0.29, 0.717) is 23.0 Å². The van der Waals surface area contributed by atoms with Gasteiger partial charge >= 0.3 is 0 Å². The van der Waals surface area contributed by atoms with Crippen LogP contribution in [0.2, 0.25) is 10.0 Å². The predicted octanol–water partition coefficient (Wildman–Crippen LogP) is 6.62. The summed E-state index contributed by atoms with van der Waals surface area (Å²) < 4.78 is 0. The van der Waals surface area contributed by atoms with E-state index in [0.717, 1.165) is 42.4 Å². The quantitative estimate of drug-likeness (QED) is 0.343. The summed E-state index contributed by atoms with van der Waals surface area (Å²) in [5, 5.41) is 4.44. The third-order valence-electron chi connectivity index (χ3n) is 6.79. The van der Waals surface area contributed by atoms with Gasteiger partial charge in [0.15, 0.2) is 0 Å². The van der Waals surface area contributed by atoms with Crippen LogP contribution in [0.1, 0.15) is 48.8 Å². The lowest BCUT2D eigenvalue weighted by Crippen LogP contribution is -2.53. The summed E-state index contributed by atoms with van der Waals surface area (Å²) in [6.07, 6.45) is 5.96. The third kappa shape index (κ3) is 7.35. The Labute approximate surface area is 223 Å². The Balaban J connectivity index is 1.65. The van der Waals surface area contributed by atoms with Gasteiger partial charge in [-0.15, -0.1) is 0 Å². The molecule has 1 aliphatic carbocycles. The molecule has 0 radical (unpaired) electrons. The van der Waals surface area contributed by atoms with Gasteiger partial charge in [0.2, 0.25) is 11.8 Å². The number of halogens is 2. The predicted molar refractivity (Wildman–Crippen MR) is 146 cm³/mol. The first-order chi connectivity index (χ1) is 17.5. The monoisotopic (exact) mass is 522 g/mol. The minimum atomic E-state index is -0.653. The number of hydrogen-bond acceptors (Lipinski definition) is 2. The molecule has 4 rings (SSSR count). The maximum atomic E-state index is 13.8. The van der Waals surface area contributed by atoms with Gasteiger partial charge in [0.05, 0.1) is 6.42 Å². The van der Waals surface area contributed by atoms with Crippen LogP contribution in [0.25, 0.3) is 0 Å². The van der Waals surface area contributed by atoms with Gasteiger partial charge in [-0.2, -0.15) is 0 Å². The van der Waals surface area contributed by atoms with E-state index in [-0.39, 0.29) is 24.3 Å². The van der Waals surface area contributed by atoms with Crippen molar-refractivity contribution >= 4 is 35.0 Å². The lowest BCUT2D eigenvalue weighted by atomic mass is 9.94. The normalized spacial score (nSPS) is 14.7. The van der Waals surface area contributed by atoms with Gasteiger partial charge in [-0.05, 0) is 47.7 Å². The van der Waals surface area contributed by atoms with E-state index >= 15 is 0 Å². The molecule has 0 unspecified atom stereocenters. The Kier molecular flexibility index (Phi) is 9.43. The number of carbonyl (C=O) groups is 2. The molecule has 0 saturated heterocycles. The smallest absolute Gasteiger partial charge is 0.243 e. The zero-order valence-corrected chi connectivity index (χ0v) is 21.8. The molecule has 1 atom stereocenters. The van der Waals surface area contributed by atoms with Gasteiger partial charge in [0.1, 0.15) is 6.04 Å². The van der Waals surface area contributed by atoms with Gasteiger partial charge in [-0.1, -0.05) is 103 Å². The lowest BCUT2D eigenvalue weighted by molar-refractivity contribution is -0.141. The molecule has 0 heterocycles. The SMILES string of the molecule is O=C(NC1CCCCC1)[C@@H](Cc1ccccc1)N(Cc1ccc(Cl)cc1)C(=O)Cc1ccccc1Cl. The molecule has 6 heteroatoms. The van der Waals surface area contributed by atoms with Gasteiger partial charge in [-0.3, -0.25) is 9.59 Å². The summed E-state index contributed by atoms with van der Waals surface area (Å²) in [5.74, 6) is -0.245. The van der Waals surface area contributed by atoms with Gasteiger partial charge in [0.25, 0.3) is 0 Å². The van der Waals surface area contributed by atoms with Gasteiger partial charge < -0.3 is 10.2 Å². The molecule has 4 nitrogen and oxygen atoms in total. The Bertz CT molecular complexity index is 1150. The molecule has 1 fully saturated rings. The summed E-state index contributed by atoms with van der Waals surface area (Å²) in [6.45, 7) is 0.302. The second-order valence-corrected chi connectivity index (χ2v) is 10.3. The molecule has 0 aliphatic heterocycles. The number of nitrogens with one attached hydrogen (secondary N) is 1. The van der Waals surface area contributed by atoms with E-state index < -0.39 is 6.04 Å². The molecule has 0 bridgehead atoms. The van der Waals surface area contributed by atoms with Crippen molar-refractivity contribution < 1.29 is 9.59 Å². The van der Waals surface area contributed by atoms with Crippen LogP contribution < -0.4 is 5.32 Å². The van der Waals surface area contributed by atoms with E-state index in [4.69, 9.17) is 23.2 Å². The van der Waals surface area contributed by atoms with Crippen molar-refractivity contribution in [3.8, 4) is 0 Å². The summed E-state index contributed by atoms with van der Waals surface area (Å²) >= 11 is 12.5. The van der Waals surface area contributed by atoms with Crippen molar-refractivity contribution in [2.24, 2.45) is 0 Å². The summed E-state index contributed by atoms with van der Waals surface area (Å²) in [6, 6.07) is 24.1. The zero-order valence-electron chi connectivity index (χ0n) is 20.3. The van der Waals surface area contributed by atoms with Crippen molar-refractivity contribution in [3.05, 3.63) is 106 Å². The highest BCUT2D eigenvalue weighted by molar-refractivity contribution is 6.31. The molecule has 0 aromatic heterocycles. The molecule has 0 spiro atoms. The van der Waals surface area contributed by atoms with E-state index in [1.165, 1.54) is 6.42 Å². The highest BCUT2D eigenvalue weighted by Crippen LogP contribution is 2.22. The number of amides is 2. The largest absolute Gasteiger partial charge is 0.352 e. The van der Waals surface area contributed by atoms with E-state index in [2.05, 4.69) is 5.32 Å². The molecule has 188 valence electrons. The molecule has 1 aliphatic rings. The Morgan fingerprint density at radius 3 is 2.19 bits per heavy atom. The van der Waals surface area contributed by atoms with Crippen LogP contribution in [-0.4, -0.2) is 28.8 Å². The first-order valence-corrected chi connectivity index (χ1v) is 13.4. The lowest BCUT2D eigenvalue weighted by Gasteiger charge is -2.33. The number of carbonyl (C=O) groups excluding carboxylic acids is 2. The fourth-order valence-electron chi connectivity index (χ4n) is 4.79. The fourth-order valence-corrected chi connectivity index (χ4v) is 5.12. The molecule has 2 amide bonds. The second-order valence-electron chi connectivity index (χ2n) is 9.47. The summed E-state index contributed by atoms with van der Waals surface area (Å²) in [7, 11) is 0. The van der Waals surface area contributed by atoms with Crippen molar-refractivity contribution in [2.75, 3.05) is 0 Å². The van der Waals surface area contributed by atoms with Crippen molar-refractivity contribution in [1.82, 2.24) is 10.2 Å². The van der Waals surface area contributed by atoms with Crippen LogP contribution >= 0.6 is 23.2 Å². The van der Waals surface area contributed by atoms with Crippen LogP contribution in [0.4, 0.5) is 0 Å². The number of rotatable bonds is 9. The van der Waals surface area contributed by atoms with Crippen LogP contribution in [-0.2, 0) is 29.0 Å². The summed E-state index contributed by atoms with van der Waals surface area (Å²) in [5.41, 5.74) is 2.67. The maximum Gasteiger partial charge on any atom is 0.243 e. The topological polar surface area (TPSA) is 49.4 Å². The number of hydrogen-bond donors (Lipinski definition) is 1. The Morgan fingerprint density at radius 2 is 1.50 bits per heavy atom. The number of benzene rings is 3. The molecule has 3 aromatic carbocycles. The third-order valence-corrected chi connectivity index (χ3v) is 7.41. The van der Waals surface area contributed by atoms with Crippen molar-refractivity contribution in [1.29, 1.82) is 0 Å². The zero-order chi connectivity index (χ0) is 25.3.